The van der Waals surface area contributed by atoms with E-state index in [1.807, 2.05) is 0 Å². The van der Waals surface area contributed by atoms with Gasteiger partial charge in [0.15, 0.2) is 8.32 Å². The third-order valence-corrected chi connectivity index (χ3v) is 5.57. The molecule has 0 aliphatic heterocycles. The molecule has 92 valence electrons. The van der Waals surface area contributed by atoms with Crippen molar-refractivity contribution in [2.45, 2.75) is 51.7 Å². The van der Waals surface area contributed by atoms with Crippen LogP contribution in [0.3, 0.4) is 0 Å². The highest BCUT2D eigenvalue weighted by atomic mass is 28.4. The highest BCUT2D eigenvalue weighted by Crippen LogP contribution is 2.15. The number of aliphatic imine (C=N–C) groups is 1. The third kappa shape index (κ3) is 5.03. The fourth-order valence-corrected chi connectivity index (χ4v) is 3.99. The largest absolute Gasteiger partial charge is 0.418 e. The molecule has 1 aliphatic rings. The lowest BCUT2D eigenvalue weighted by Gasteiger charge is -2.21. The Morgan fingerprint density at radius 3 is 2.69 bits per heavy atom. The molecule has 0 aromatic rings. The molecule has 0 saturated heterocycles. The zero-order valence-electron chi connectivity index (χ0n) is 10.8. The average molecular weight is 240 g/mol. The lowest BCUT2D eigenvalue weighted by atomic mass is 10.3. The second kappa shape index (κ2) is 6.30. The standard InChI is InChI=1S/C12H24N2OSi/c1-4-15-16(2,3)9-5-8-14-12-7-6-11(13)10-12/h13H,4-10H2,1-3H3. The SMILES string of the molecule is CCO[Si](C)(C)CCCN=C1CCC(=N)C1. The molecule has 0 amide bonds. The van der Waals surface area contributed by atoms with E-state index in [0.29, 0.717) is 0 Å². The van der Waals surface area contributed by atoms with Gasteiger partial charge in [0.1, 0.15) is 0 Å². The molecule has 0 aromatic heterocycles. The van der Waals surface area contributed by atoms with Gasteiger partial charge in [0.2, 0.25) is 0 Å². The summed E-state index contributed by atoms with van der Waals surface area (Å²) in [5.74, 6) is 0. The van der Waals surface area contributed by atoms with E-state index in [1.54, 1.807) is 0 Å². The van der Waals surface area contributed by atoms with E-state index in [9.17, 15) is 0 Å². The Labute approximate surface area is 99.9 Å². The molecule has 4 heteroatoms. The van der Waals surface area contributed by atoms with Crippen molar-refractivity contribution in [1.29, 1.82) is 5.41 Å². The maximum atomic E-state index is 7.52. The molecule has 0 radical (unpaired) electrons. The summed E-state index contributed by atoms with van der Waals surface area (Å²) in [4.78, 5) is 4.58. The van der Waals surface area contributed by atoms with Gasteiger partial charge in [0.25, 0.3) is 0 Å². The Bertz CT molecular complexity index is 274. The lowest BCUT2D eigenvalue weighted by molar-refractivity contribution is 0.328. The van der Waals surface area contributed by atoms with Gasteiger partial charge >= 0.3 is 0 Å². The van der Waals surface area contributed by atoms with Gasteiger partial charge in [-0.1, -0.05) is 0 Å². The summed E-state index contributed by atoms with van der Waals surface area (Å²) in [7, 11) is -1.41. The van der Waals surface area contributed by atoms with Gasteiger partial charge in [0.05, 0.1) is 0 Å². The molecule has 1 fully saturated rings. The summed E-state index contributed by atoms with van der Waals surface area (Å²) in [5, 5.41) is 7.52. The second-order valence-electron chi connectivity index (χ2n) is 5.02. The minimum absolute atomic E-state index is 0.826. The Hall–Kier alpha value is -0.483. The molecule has 3 nitrogen and oxygen atoms in total. The van der Waals surface area contributed by atoms with E-state index in [2.05, 4.69) is 25.0 Å². The number of hydrogen-bond acceptors (Lipinski definition) is 3. The van der Waals surface area contributed by atoms with E-state index in [0.717, 1.165) is 44.5 Å². The zero-order valence-corrected chi connectivity index (χ0v) is 11.8. The van der Waals surface area contributed by atoms with E-state index in [4.69, 9.17) is 9.84 Å². The van der Waals surface area contributed by atoms with E-state index < -0.39 is 8.32 Å². The maximum Gasteiger partial charge on any atom is 0.186 e. The second-order valence-corrected chi connectivity index (χ2v) is 9.33. The molecule has 16 heavy (non-hydrogen) atoms. The molecule has 0 bridgehead atoms. The van der Waals surface area contributed by atoms with Crippen LogP contribution in [0.4, 0.5) is 0 Å². The minimum atomic E-state index is -1.41. The first-order valence-corrected chi connectivity index (χ1v) is 9.37. The fraction of sp³-hybridized carbons (Fsp3) is 0.833. The Balaban J connectivity index is 2.18. The highest BCUT2D eigenvalue weighted by molar-refractivity contribution is 6.71. The van der Waals surface area contributed by atoms with E-state index in [-0.39, 0.29) is 0 Å². The van der Waals surface area contributed by atoms with Gasteiger partial charge in [0, 0.05) is 31.0 Å². The van der Waals surface area contributed by atoms with E-state index in [1.165, 1.54) is 11.8 Å². The van der Waals surface area contributed by atoms with Crippen LogP contribution in [0.25, 0.3) is 0 Å². The van der Waals surface area contributed by atoms with Gasteiger partial charge in [-0.2, -0.15) is 0 Å². The predicted molar refractivity (Wildman–Crippen MR) is 72.4 cm³/mol. The van der Waals surface area contributed by atoms with Crippen molar-refractivity contribution >= 4 is 19.7 Å². The minimum Gasteiger partial charge on any atom is -0.418 e. The first-order valence-electron chi connectivity index (χ1n) is 6.26. The number of rotatable bonds is 6. The van der Waals surface area contributed by atoms with Crippen molar-refractivity contribution in [1.82, 2.24) is 0 Å². The Morgan fingerprint density at radius 2 is 2.12 bits per heavy atom. The van der Waals surface area contributed by atoms with Crippen molar-refractivity contribution in [2.75, 3.05) is 13.2 Å². The molecule has 1 saturated carbocycles. The Morgan fingerprint density at radius 1 is 1.38 bits per heavy atom. The van der Waals surface area contributed by atoms with Crippen LogP contribution in [0.2, 0.25) is 19.1 Å². The van der Waals surface area contributed by atoms with Gasteiger partial charge in [-0.3, -0.25) is 4.99 Å². The maximum absolute atomic E-state index is 7.52. The molecule has 0 unspecified atom stereocenters. The van der Waals surface area contributed by atoms with Crippen LogP contribution in [-0.2, 0) is 4.43 Å². The van der Waals surface area contributed by atoms with Crippen molar-refractivity contribution in [3.63, 3.8) is 0 Å². The van der Waals surface area contributed by atoms with Crippen molar-refractivity contribution in [3.8, 4) is 0 Å². The smallest absolute Gasteiger partial charge is 0.186 e. The normalized spacial score (nSPS) is 19.7. The first-order chi connectivity index (χ1) is 7.53. The van der Waals surface area contributed by atoms with E-state index >= 15 is 0 Å². The van der Waals surface area contributed by atoms with Crippen LogP contribution in [0.5, 0.6) is 0 Å². The summed E-state index contributed by atoms with van der Waals surface area (Å²) in [5.41, 5.74) is 2.09. The Kier molecular flexibility index (Phi) is 5.35. The monoisotopic (exact) mass is 240 g/mol. The molecule has 1 N–H and O–H groups in total. The van der Waals surface area contributed by atoms with Crippen molar-refractivity contribution in [3.05, 3.63) is 0 Å². The van der Waals surface area contributed by atoms with Gasteiger partial charge < -0.3 is 9.84 Å². The van der Waals surface area contributed by atoms with Gasteiger partial charge in [-0.25, -0.2) is 0 Å². The summed E-state index contributed by atoms with van der Waals surface area (Å²) in [6.45, 7) is 8.37. The van der Waals surface area contributed by atoms with Crippen LogP contribution < -0.4 is 0 Å². The molecule has 0 aromatic carbocycles. The van der Waals surface area contributed by atoms with Gasteiger partial charge in [-0.05, 0) is 45.3 Å². The molecule has 0 atom stereocenters. The van der Waals surface area contributed by atoms with Crippen LogP contribution in [0.1, 0.15) is 32.6 Å². The third-order valence-electron chi connectivity index (χ3n) is 2.94. The molecule has 1 aliphatic carbocycles. The summed E-state index contributed by atoms with van der Waals surface area (Å²) >= 11 is 0. The summed E-state index contributed by atoms with van der Waals surface area (Å²) < 4.78 is 5.77. The summed E-state index contributed by atoms with van der Waals surface area (Å²) in [6, 6.07) is 1.19. The lowest BCUT2D eigenvalue weighted by Crippen LogP contribution is -2.30. The van der Waals surface area contributed by atoms with Crippen LogP contribution in [0, 0.1) is 5.41 Å². The molecule has 0 heterocycles. The van der Waals surface area contributed by atoms with Crippen LogP contribution in [0.15, 0.2) is 4.99 Å². The number of hydrogen-bond donors (Lipinski definition) is 1. The van der Waals surface area contributed by atoms with Crippen molar-refractivity contribution in [2.24, 2.45) is 4.99 Å². The fourth-order valence-electron chi connectivity index (χ4n) is 2.06. The number of nitrogens with zero attached hydrogens (tertiary/aromatic N) is 1. The molecule has 0 spiro atoms. The van der Waals surface area contributed by atoms with Crippen LogP contribution in [-0.4, -0.2) is 32.9 Å². The van der Waals surface area contributed by atoms with Gasteiger partial charge in [-0.15, -0.1) is 0 Å². The molecular formula is C12H24N2OSi. The zero-order chi connectivity index (χ0) is 12.0. The number of nitrogens with one attached hydrogen (secondary N) is 1. The molecule has 1 rings (SSSR count). The first kappa shape index (κ1) is 13.6. The van der Waals surface area contributed by atoms with Crippen LogP contribution >= 0.6 is 0 Å². The van der Waals surface area contributed by atoms with Crippen molar-refractivity contribution < 1.29 is 4.43 Å². The topological polar surface area (TPSA) is 45.4 Å². The predicted octanol–water partition coefficient (Wildman–Crippen LogP) is 3.26. The molecular weight excluding hydrogens is 216 g/mol. The quantitative estimate of drug-likeness (QED) is 0.562. The summed E-state index contributed by atoms with van der Waals surface area (Å²) in [6.07, 6.45) is 3.91. The average Bonchev–Trinajstić information content (AvgIpc) is 2.59. The highest BCUT2D eigenvalue weighted by Gasteiger charge is 2.20.